The molecule has 3 heterocycles. The maximum Gasteiger partial charge on any atom is 0.328 e. The standard InChI is InChI=1S/C13H20N6O/c1-8(2)5-18-4-3-9(6-18)19-12-10(17-13(19)20)11(14)15-7-16-12/h7-9H,3-6H2,1-2H3,(H,17,20)(H2,14,15,16)/t9-/m1/s1. The third-order valence-electron chi connectivity index (χ3n) is 3.77. The summed E-state index contributed by atoms with van der Waals surface area (Å²) in [4.78, 5) is 25.5. The molecule has 3 N–H and O–H groups in total. The molecule has 0 aliphatic carbocycles. The number of imidazole rings is 1. The molecule has 1 saturated heterocycles. The molecule has 1 aliphatic heterocycles. The zero-order valence-corrected chi connectivity index (χ0v) is 11.8. The van der Waals surface area contributed by atoms with Gasteiger partial charge in [-0.3, -0.25) is 4.57 Å². The molecule has 20 heavy (non-hydrogen) atoms. The van der Waals surface area contributed by atoms with Gasteiger partial charge in [0, 0.05) is 19.6 Å². The lowest BCUT2D eigenvalue weighted by Crippen LogP contribution is -2.28. The van der Waals surface area contributed by atoms with Crippen LogP contribution in [0.5, 0.6) is 0 Å². The largest absolute Gasteiger partial charge is 0.382 e. The number of aromatic nitrogens is 4. The van der Waals surface area contributed by atoms with Gasteiger partial charge in [-0.2, -0.15) is 0 Å². The van der Waals surface area contributed by atoms with E-state index in [1.54, 1.807) is 4.57 Å². The van der Waals surface area contributed by atoms with Crippen LogP contribution >= 0.6 is 0 Å². The van der Waals surface area contributed by atoms with Crippen LogP contribution in [0.15, 0.2) is 11.1 Å². The molecule has 1 fully saturated rings. The lowest BCUT2D eigenvalue weighted by molar-refractivity contribution is 0.287. The maximum atomic E-state index is 12.2. The van der Waals surface area contributed by atoms with E-state index >= 15 is 0 Å². The summed E-state index contributed by atoms with van der Waals surface area (Å²) in [5.74, 6) is 0.953. The SMILES string of the molecule is CC(C)CN1CC[C@@H](n2c(=O)[nH]c3c(N)ncnc32)C1. The summed E-state index contributed by atoms with van der Waals surface area (Å²) in [7, 11) is 0. The van der Waals surface area contributed by atoms with Crippen LogP contribution in [0.1, 0.15) is 26.3 Å². The van der Waals surface area contributed by atoms with E-state index in [0.717, 1.165) is 26.1 Å². The molecular weight excluding hydrogens is 256 g/mol. The van der Waals surface area contributed by atoms with E-state index < -0.39 is 0 Å². The first-order chi connectivity index (χ1) is 9.56. The lowest BCUT2D eigenvalue weighted by atomic mass is 10.2. The van der Waals surface area contributed by atoms with E-state index in [2.05, 4.69) is 33.7 Å². The minimum atomic E-state index is -0.149. The summed E-state index contributed by atoms with van der Waals surface area (Å²) in [6.07, 6.45) is 2.37. The molecule has 1 atom stereocenters. The topological polar surface area (TPSA) is 92.8 Å². The minimum Gasteiger partial charge on any atom is -0.382 e. The van der Waals surface area contributed by atoms with Crippen LogP contribution in [-0.2, 0) is 0 Å². The monoisotopic (exact) mass is 276 g/mol. The van der Waals surface area contributed by atoms with Crippen LogP contribution in [-0.4, -0.2) is 44.1 Å². The maximum absolute atomic E-state index is 12.2. The third kappa shape index (κ3) is 2.18. The Labute approximate surface area is 116 Å². The molecule has 0 radical (unpaired) electrons. The number of nitrogens with one attached hydrogen (secondary N) is 1. The molecule has 0 saturated carbocycles. The van der Waals surface area contributed by atoms with Crippen molar-refractivity contribution in [2.24, 2.45) is 5.92 Å². The molecule has 0 unspecified atom stereocenters. The Morgan fingerprint density at radius 3 is 3.05 bits per heavy atom. The van der Waals surface area contributed by atoms with Gasteiger partial charge in [-0.05, 0) is 12.3 Å². The number of nitrogens with two attached hydrogens (primary N) is 1. The van der Waals surface area contributed by atoms with Gasteiger partial charge < -0.3 is 15.6 Å². The van der Waals surface area contributed by atoms with Crippen molar-refractivity contribution in [3.63, 3.8) is 0 Å². The normalized spacial score (nSPS) is 20.2. The Kier molecular flexibility index (Phi) is 3.21. The summed E-state index contributed by atoms with van der Waals surface area (Å²) in [5.41, 5.74) is 6.79. The Bertz CT molecular complexity index is 673. The smallest absolute Gasteiger partial charge is 0.328 e. The van der Waals surface area contributed by atoms with E-state index in [4.69, 9.17) is 5.73 Å². The summed E-state index contributed by atoms with van der Waals surface area (Å²) >= 11 is 0. The van der Waals surface area contributed by atoms with Crippen molar-refractivity contribution in [2.75, 3.05) is 25.4 Å². The number of hydrogen-bond donors (Lipinski definition) is 2. The van der Waals surface area contributed by atoms with Gasteiger partial charge >= 0.3 is 5.69 Å². The van der Waals surface area contributed by atoms with Gasteiger partial charge in [-0.15, -0.1) is 0 Å². The lowest BCUT2D eigenvalue weighted by Gasteiger charge is -2.18. The second-order valence-corrected chi connectivity index (χ2v) is 5.85. The van der Waals surface area contributed by atoms with Crippen molar-refractivity contribution < 1.29 is 0 Å². The molecule has 108 valence electrons. The fraction of sp³-hybridized carbons (Fsp3) is 0.615. The fourth-order valence-corrected chi connectivity index (χ4v) is 3.00. The molecule has 1 aliphatic rings. The number of H-pyrrole nitrogens is 1. The van der Waals surface area contributed by atoms with E-state index in [0.29, 0.717) is 22.9 Å². The van der Waals surface area contributed by atoms with Crippen LogP contribution in [0.3, 0.4) is 0 Å². The third-order valence-corrected chi connectivity index (χ3v) is 3.77. The molecule has 2 aromatic heterocycles. The highest BCUT2D eigenvalue weighted by Gasteiger charge is 2.27. The van der Waals surface area contributed by atoms with Crippen molar-refractivity contribution in [1.82, 2.24) is 24.4 Å². The first-order valence-electron chi connectivity index (χ1n) is 6.99. The number of fused-ring (bicyclic) bond motifs is 1. The molecule has 0 spiro atoms. The molecular formula is C13H20N6O. The highest BCUT2D eigenvalue weighted by molar-refractivity contribution is 5.81. The number of nitrogen functional groups attached to an aromatic ring is 1. The van der Waals surface area contributed by atoms with Gasteiger partial charge in [0.1, 0.15) is 11.8 Å². The molecule has 0 aromatic carbocycles. The van der Waals surface area contributed by atoms with Gasteiger partial charge in [0.05, 0.1) is 6.04 Å². The molecule has 7 heteroatoms. The second kappa shape index (κ2) is 4.90. The molecule has 3 rings (SSSR count). The quantitative estimate of drug-likeness (QED) is 0.856. The number of anilines is 1. The van der Waals surface area contributed by atoms with E-state index in [1.165, 1.54) is 6.33 Å². The summed E-state index contributed by atoms with van der Waals surface area (Å²) in [6.45, 7) is 7.38. The van der Waals surface area contributed by atoms with Crippen molar-refractivity contribution >= 4 is 17.0 Å². The molecule has 7 nitrogen and oxygen atoms in total. The van der Waals surface area contributed by atoms with Crippen LogP contribution in [0.25, 0.3) is 11.2 Å². The van der Waals surface area contributed by atoms with E-state index in [-0.39, 0.29) is 11.7 Å². The Hall–Kier alpha value is -1.89. The van der Waals surface area contributed by atoms with Crippen LogP contribution in [0, 0.1) is 5.92 Å². The van der Waals surface area contributed by atoms with Gasteiger partial charge in [0.15, 0.2) is 11.5 Å². The van der Waals surface area contributed by atoms with Gasteiger partial charge in [0.25, 0.3) is 0 Å². The Balaban J connectivity index is 1.94. The average molecular weight is 276 g/mol. The summed E-state index contributed by atoms with van der Waals surface area (Å²) < 4.78 is 1.73. The number of rotatable bonds is 3. The first-order valence-corrected chi connectivity index (χ1v) is 6.99. The predicted octanol–water partition coefficient (Wildman–Crippen LogP) is 0.605. The predicted molar refractivity (Wildman–Crippen MR) is 77.5 cm³/mol. The highest BCUT2D eigenvalue weighted by Crippen LogP contribution is 2.24. The van der Waals surface area contributed by atoms with Gasteiger partial charge in [0.2, 0.25) is 0 Å². The second-order valence-electron chi connectivity index (χ2n) is 5.85. The van der Waals surface area contributed by atoms with Crippen molar-refractivity contribution in [3.05, 3.63) is 16.8 Å². The van der Waals surface area contributed by atoms with Crippen LogP contribution < -0.4 is 11.4 Å². The van der Waals surface area contributed by atoms with E-state index in [9.17, 15) is 4.79 Å². The number of hydrogen-bond acceptors (Lipinski definition) is 5. The molecule has 0 bridgehead atoms. The van der Waals surface area contributed by atoms with Gasteiger partial charge in [-0.1, -0.05) is 13.8 Å². The molecule has 0 amide bonds. The zero-order chi connectivity index (χ0) is 14.3. The average Bonchev–Trinajstić information content (AvgIpc) is 2.93. The van der Waals surface area contributed by atoms with Crippen molar-refractivity contribution in [1.29, 1.82) is 0 Å². The number of likely N-dealkylation sites (tertiary alicyclic amines) is 1. The number of nitrogens with zero attached hydrogens (tertiary/aromatic N) is 4. The zero-order valence-electron chi connectivity index (χ0n) is 11.8. The summed E-state index contributed by atoms with van der Waals surface area (Å²) in [5, 5.41) is 0. The van der Waals surface area contributed by atoms with Gasteiger partial charge in [-0.25, -0.2) is 14.8 Å². The first kappa shape index (κ1) is 13.1. The van der Waals surface area contributed by atoms with Crippen molar-refractivity contribution in [2.45, 2.75) is 26.3 Å². The fourth-order valence-electron chi connectivity index (χ4n) is 3.00. The Morgan fingerprint density at radius 1 is 1.50 bits per heavy atom. The van der Waals surface area contributed by atoms with Crippen LogP contribution in [0.4, 0.5) is 5.82 Å². The molecule has 2 aromatic rings. The minimum absolute atomic E-state index is 0.149. The van der Waals surface area contributed by atoms with Crippen LogP contribution in [0.2, 0.25) is 0 Å². The highest BCUT2D eigenvalue weighted by atomic mass is 16.1. The van der Waals surface area contributed by atoms with Crippen molar-refractivity contribution in [3.8, 4) is 0 Å². The Morgan fingerprint density at radius 2 is 2.30 bits per heavy atom. The summed E-state index contributed by atoms with van der Waals surface area (Å²) in [6, 6.07) is 0.157. The van der Waals surface area contributed by atoms with E-state index in [1.807, 2.05) is 0 Å². The number of aromatic amines is 1.